The molecule has 16 rings (SSSR count). The molecule has 19 nitrogen and oxygen atoms in total. The smallest absolute Gasteiger partial charge is 0.308 e. The molecular formula is C60H86O19. The van der Waals surface area contributed by atoms with E-state index in [-0.39, 0.29) is 116 Å². The summed E-state index contributed by atoms with van der Waals surface area (Å²) in [5.41, 5.74) is 0.394. The Morgan fingerprint density at radius 3 is 2.18 bits per heavy atom. The Kier molecular flexibility index (Phi) is 13.2. The van der Waals surface area contributed by atoms with Crippen LogP contribution < -0.4 is 0 Å². The van der Waals surface area contributed by atoms with Crippen LogP contribution in [0.25, 0.3) is 0 Å². The molecule has 0 radical (unpaired) electrons. The Morgan fingerprint density at radius 2 is 1.33 bits per heavy atom. The fourth-order valence-corrected chi connectivity index (χ4v) is 18.7. The number of ether oxygens (including phenoxy) is 14. The lowest BCUT2D eigenvalue weighted by Crippen LogP contribution is -2.64. The third kappa shape index (κ3) is 9.08. The molecule has 31 unspecified atom stereocenters. The van der Waals surface area contributed by atoms with Gasteiger partial charge in [-0.25, -0.2) is 0 Å². The summed E-state index contributed by atoms with van der Waals surface area (Å²) in [6.45, 7) is 17.1. The van der Waals surface area contributed by atoms with Crippen LogP contribution in [0.15, 0.2) is 24.3 Å². The number of carbonyl (C=O) groups is 1. The largest absolute Gasteiger partial charge is 0.459 e. The molecule has 0 aromatic heterocycles. The van der Waals surface area contributed by atoms with Crippen molar-refractivity contribution in [2.24, 2.45) is 23.7 Å². The predicted octanol–water partition coefficient (Wildman–Crippen LogP) is 4.66. The first-order chi connectivity index (χ1) is 37.8. The van der Waals surface area contributed by atoms with Crippen molar-refractivity contribution in [2.75, 3.05) is 6.61 Å². The Labute approximate surface area is 463 Å². The second-order valence-corrected chi connectivity index (χ2v) is 28.1. The van der Waals surface area contributed by atoms with E-state index in [0.717, 1.165) is 49.7 Å². The molecule has 0 aromatic rings. The van der Waals surface area contributed by atoms with Gasteiger partial charge in [0.05, 0.1) is 122 Å². The van der Waals surface area contributed by atoms with Gasteiger partial charge >= 0.3 is 5.97 Å². The van der Waals surface area contributed by atoms with Crippen LogP contribution in [-0.4, -0.2) is 196 Å². The number of carbonyl (C=O) groups excluding carboxylic acids is 1. The van der Waals surface area contributed by atoms with Crippen LogP contribution in [-0.2, 0) is 71.1 Å². The highest BCUT2D eigenvalue weighted by Crippen LogP contribution is 2.61. The summed E-state index contributed by atoms with van der Waals surface area (Å²) in [5, 5.41) is 42.6. The molecular weight excluding hydrogens is 1020 g/mol. The Hall–Kier alpha value is -1.73. The van der Waals surface area contributed by atoms with Crippen molar-refractivity contribution in [2.45, 2.75) is 313 Å². The fraction of sp³-hybridized carbons (Fsp3) is 0.917. The lowest BCUT2D eigenvalue weighted by Gasteiger charge is -2.51. The van der Waals surface area contributed by atoms with E-state index in [1.165, 1.54) is 0 Å². The summed E-state index contributed by atoms with van der Waals surface area (Å²) >= 11 is 0. The van der Waals surface area contributed by atoms with E-state index in [2.05, 4.69) is 40.9 Å². The molecule has 14 bridgehead atoms. The molecule has 16 fully saturated rings. The first-order valence-corrected chi connectivity index (χ1v) is 30.7. The van der Waals surface area contributed by atoms with Crippen molar-refractivity contribution in [1.82, 2.24) is 0 Å². The van der Waals surface area contributed by atoms with E-state index in [4.69, 9.17) is 66.3 Å². The normalized spacial score (nSPS) is 58.0. The molecule has 0 aromatic carbocycles. The molecule has 1 aliphatic carbocycles. The maximum Gasteiger partial charge on any atom is 0.308 e. The van der Waals surface area contributed by atoms with E-state index >= 15 is 0 Å². The maximum absolute atomic E-state index is 14.6. The summed E-state index contributed by atoms with van der Waals surface area (Å²) in [7, 11) is 0. The summed E-state index contributed by atoms with van der Waals surface area (Å²) in [6, 6.07) is 0. The number of rotatable bonds is 4. The van der Waals surface area contributed by atoms with Gasteiger partial charge < -0.3 is 86.7 Å². The molecule has 15 heterocycles. The van der Waals surface area contributed by atoms with Gasteiger partial charge in [-0.3, -0.25) is 4.79 Å². The van der Waals surface area contributed by atoms with Gasteiger partial charge in [-0.2, -0.15) is 0 Å². The van der Waals surface area contributed by atoms with Crippen LogP contribution in [0.4, 0.5) is 0 Å². The number of fused-ring (bicyclic) bond motifs is 11. The minimum Gasteiger partial charge on any atom is -0.459 e. The molecule has 31 atom stereocenters. The van der Waals surface area contributed by atoms with Crippen LogP contribution in [0.5, 0.6) is 0 Å². The SMILES string of the molecule is C=C1CC2CCC34CC5OC6C(O3)C3OC(CCC3CC6(O)C5O4)CC(=O)OC3C(CC4OC(CCC1O2)CC(C)C4=C)OC1CC2OC4(CC2OC1C3C)CC1OC2(CC(C)C1O4)CC1(C)CC(O2)C(CC(O)C(O)CO)O1. The molecule has 16 aliphatic rings. The topological polar surface area (TPSA) is 227 Å². The fourth-order valence-electron chi connectivity index (χ4n) is 18.7. The second kappa shape index (κ2) is 19.4. The third-order valence-corrected chi connectivity index (χ3v) is 22.4. The van der Waals surface area contributed by atoms with Gasteiger partial charge in [0.1, 0.15) is 36.1 Å². The van der Waals surface area contributed by atoms with E-state index in [9.17, 15) is 25.2 Å². The highest BCUT2D eigenvalue weighted by Gasteiger charge is 2.74. The van der Waals surface area contributed by atoms with E-state index in [1.807, 2.05) is 0 Å². The van der Waals surface area contributed by atoms with Crippen molar-refractivity contribution in [3.63, 3.8) is 0 Å². The molecule has 15 saturated heterocycles. The standard InChI is InChI=1S/C60H86O19/c1-27-13-33-9-10-38-28(2)14-35(66-38)11-12-57-24-47-54(79-57)60(65)20-32-7-8-34(68-52(32)53(78-57)55(60)71-47)15-48(64)72-51-31(5)50-43(69-42(51)17-39(67-33)30(27)4)18-41-44(70-50)22-58(74-41)23-46-49(77-58)29(3)19-59(76-46)26-56(6)21-45(75-59)40(73-56)16-36(62)37(63)25-61/h27,29,31-47,49-55,61-63,65H,2,4,7-26H2,1,3,5-6H3. The van der Waals surface area contributed by atoms with Gasteiger partial charge in [0.15, 0.2) is 17.4 Å². The van der Waals surface area contributed by atoms with Crippen LogP contribution >= 0.6 is 0 Å². The number of hydrogen-bond acceptors (Lipinski definition) is 19. The first kappa shape index (κ1) is 54.0. The molecule has 3 spiro atoms. The number of hydrogen-bond donors (Lipinski definition) is 4. The second-order valence-electron chi connectivity index (χ2n) is 28.1. The van der Waals surface area contributed by atoms with Crippen molar-refractivity contribution in [3.8, 4) is 0 Å². The first-order valence-electron chi connectivity index (χ1n) is 30.7. The van der Waals surface area contributed by atoms with E-state index in [1.54, 1.807) is 0 Å². The number of aliphatic hydroxyl groups excluding tert-OH is 3. The Balaban J connectivity index is 0.665. The summed E-state index contributed by atoms with van der Waals surface area (Å²) in [6.07, 6.45) is 1.49. The van der Waals surface area contributed by atoms with Gasteiger partial charge in [-0.1, -0.05) is 33.9 Å². The summed E-state index contributed by atoms with van der Waals surface area (Å²) in [4.78, 5) is 14.6. The molecule has 440 valence electrons. The zero-order valence-electron chi connectivity index (χ0n) is 46.5. The van der Waals surface area contributed by atoms with Gasteiger partial charge in [0.25, 0.3) is 0 Å². The lowest BCUT2D eigenvalue weighted by atomic mass is 9.68. The minimum atomic E-state index is -1.26. The van der Waals surface area contributed by atoms with E-state index < -0.39 is 96.2 Å². The van der Waals surface area contributed by atoms with Crippen molar-refractivity contribution in [1.29, 1.82) is 0 Å². The Morgan fingerprint density at radius 1 is 0.582 bits per heavy atom. The van der Waals surface area contributed by atoms with Crippen LogP contribution in [0, 0.1) is 23.7 Å². The average Bonchev–Trinajstić information content (AvgIpc) is 3.09. The maximum atomic E-state index is 14.6. The van der Waals surface area contributed by atoms with Crippen molar-refractivity contribution < 1.29 is 91.5 Å². The zero-order valence-corrected chi connectivity index (χ0v) is 46.5. The van der Waals surface area contributed by atoms with Gasteiger partial charge in [-0.05, 0) is 87.2 Å². The summed E-state index contributed by atoms with van der Waals surface area (Å²) in [5.74, 6) is -3.13. The van der Waals surface area contributed by atoms with Crippen molar-refractivity contribution in [3.05, 3.63) is 24.3 Å². The predicted molar refractivity (Wildman–Crippen MR) is 274 cm³/mol. The van der Waals surface area contributed by atoms with Gasteiger partial charge in [0.2, 0.25) is 0 Å². The Bertz CT molecular complexity index is 2390. The summed E-state index contributed by atoms with van der Waals surface area (Å²) < 4.78 is 96.8. The molecule has 1 saturated carbocycles. The number of aliphatic hydroxyl groups is 4. The van der Waals surface area contributed by atoms with Crippen LogP contribution in [0.3, 0.4) is 0 Å². The van der Waals surface area contributed by atoms with Crippen molar-refractivity contribution >= 4 is 5.97 Å². The lowest BCUT2D eigenvalue weighted by molar-refractivity contribution is -0.336. The molecule has 4 N–H and O–H groups in total. The molecule has 0 amide bonds. The highest BCUT2D eigenvalue weighted by molar-refractivity contribution is 5.70. The van der Waals surface area contributed by atoms with Gasteiger partial charge in [-0.15, -0.1) is 0 Å². The van der Waals surface area contributed by atoms with Gasteiger partial charge in [0, 0.05) is 70.1 Å². The quantitative estimate of drug-likeness (QED) is 0.222. The monoisotopic (exact) mass is 1110 g/mol. The molecule has 19 heteroatoms. The zero-order chi connectivity index (χ0) is 54.3. The van der Waals surface area contributed by atoms with Crippen LogP contribution in [0.2, 0.25) is 0 Å². The van der Waals surface area contributed by atoms with E-state index in [0.29, 0.717) is 70.6 Å². The highest BCUT2D eigenvalue weighted by atomic mass is 16.8. The number of esters is 1. The van der Waals surface area contributed by atoms with Crippen LogP contribution in [0.1, 0.15) is 150 Å². The minimum absolute atomic E-state index is 0.0175. The molecule has 79 heavy (non-hydrogen) atoms. The molecule has 15 aliphatic heterocycles. The third-order valence-electron chi connectivity index (χ3n) is 22.4. The average molecular weight is 1110 g/mol.